The molecular weight excluding hydrogens is 246 g/mol. The first-order valence-corrected chi connectivity index (χ1v) is 8.11. The second-order valence-electron chi connectivity index (χ2n) is 6.95. The van der Waals surface area contributed by atoms with E-state index in [-0.39, 0.29) is 0 Å². The van der Waals surface area contributed by atoms with Crippen molar-refractivity contribution in [2.75, 3.05) is 13.1 Å². The normalized spacial score (nSPS) is 35.0. The first-order chi connectivity index (χ1) is 9.60. The summed E-state index contributed by atoms with van der Waals surface area (Å²) in [6, 6.07) is 11.3. The van der Waals surface area contributed by atoms with Crippen molar-refractivity contribution in [2.24, 2.45) is 5.92 Å². The number of rotatable bonds is 3. The molecule has 1 aliphatic heterocycles. The van der Waals surface area contributed by atoms with E-state index in [1.54, 1.807) is 0 Å². The molecule has 1 aromatic rings. The molecule has 0 aromatic heterocycles. The summed E-state index contributed by atoms with van der Waals surface area (Å²) in [5, 5.41) is 11.1. The Labute approximate surface area is 122 Å². The highest BCUT2D eigenvalue weighted by atomic mass is 16.3. The quantitative estimate of drug-likeness (QED) is 0.912. The average Bonchev–Trinajstić information content (AvgIpc) is 3.24. The third-order valence-corrected chi connectivity index (χ3v) is 5.33. The molecule has 0 amide bonds. The van der Waals surface area contributed by atoms with E-state index in [2.05, 4.69) is 49.1 Å². The SMILES string of the molecule is CC(C)N1CCCC(O)(C2CC2c2ccccc2)CC1. The molecule has 0 radical (unpaired) electrons. The Balaban J connectivity index is 1.66. The number of benzene rings is 1. The van der Waals surface area contributed by atoms with Gasteiger partial charge < -0.3 is 10.0 Å². The maximum absolute atomic E-state index is 11.1. The number of aliphatic hydroxyl groups is 1. The van der Waals surface area contributed by atoms with Gasteiger partial charge in [0.25, 0.3) is 0 Å². The minimum atomic E-state index is -0.426. The molecule has 3 rings (SSSR count). The second-order valence-corrected chi connectivity index (χ2v) is 6.95. The van der Waals surface area contributed by atoms with E-state index in [0.29, 0.717) is 17.9 Å². The zero-order valence-corrected chi connectivity index (χ0v) is 12.8. The molecule has 1 saturated carbocycles. The Morgan fingerprint density at radius 3 is 2.60 bits per heavy atom. The summed E-state index contributed by atoms with van der Waals surface area (Å²) in [4.78, 5) is 2.51. The molecule has 20 heavy (non-hydrogen) atoms. The van der Waals surface area contributed by atoms with Crippen molar-refractivity contribution >= 4 is 0 Å². The smallest absolute Gasteiger partial charge is 0.0694 e. The van der Waals surface area contributed by atoms with Crippen LogP contribution in [0.1, 0.15) is 51.0 Å². The van der Waals surface area contributed by atoms with Gasteiger partial charge in [-0.3, -0.25) is 0 Å². The third-order valence-electron chi connectivity index (χ3n) is 5.33. The van der Waals surface area contributed by atoms with Gasteiger partial charge in [0.1, 0.15) is 0 Å². The molecule has 0 spiro atoms. The fourth-order valence-corrected chi connectivity index (χ4v) is 3.91. The molecular formula is C18H27NO. The highest BCUT2D eigenvalue weighted by Gasteiger charge is 2.52. The van der Waals surface area contributed by atoms with Gasteiger partial charge in [-0.05, 0) is 63.5 Å². The molecule has 2 heteroatoms. The summed E-state index contributed by atoms with van der Waals surface area (Å²) in [7, 11) is 0. The van der Waals surface area contributed by atoms with E-state index < -0.39 is 5.60 Å². The molecule has 110 valence electrons. The van der Waals surface area contributed by atoms with Crippen molar-refractivity contribution in [3.8, 4) is 0 Å². The van der Waals surface area contributed by atoms with Gasteiger partial charge in [0.05, 0.1) is 5.60 Å². The van der Waals surface area contributed by atoms with Gasteiger partial charge in [-0.15, -0.1) is 0 Å². The van der Waals surface area contributed by atoms with Gasteiger partial charge in [-0.25, -0.2) is 0 Å². The van der Waals surface area contributed by atoms with E-state index >= 15 is 0 Å². The van der Waals surface area contributed by atoms with Crippen molar-refractivity contribution in [3.63, 3.8) is 0 Å². The molecule has 1 heterocycles. The molecule has 3 unspecified atom stereocenters. The lowest BCUT2D eigenvalue weighted by Gasteiger charge is -2.28. The molecule has 1 N–H and O–H groups in total. The van der Waals surface area contributed by atoms with Crippen LogP contribution in [-0.4, -0.2) is 34.7 Å². The largest absolute Gasteiger partial charge is 0.390 e. The van der Waals surface area contributed by atoms with Crippen LogP contribution in [0.2, 0.25) is 0 Å². The van der Waals surface area contributed by atoms with Crippen LogP contribution in [0.25, 0.3) is 0 Å². The van der Waals surface area contributed by atoms with Crippen LogP contribution in [0.5, 0.6) is 0 Å². The van der Waals surface area contributed by atoms with Gasteiger partial charge in [0.2, 0.25) is 0 Å². The number of nitrogens with zero attached hydrogens (tertiary/aromatic N) is 1. The van der Waals surface area contributed by atoms with Crippen LogP contribution < -0.4 is 0 Å². The van der Waals surface area contributed by atoms with E-state index in [9.17, 15) is 5.11 Å². The third kappa shape index (κ3) is 2.77. The second kappa shape index (κ2) is 5.50. The van der Waals surface area contributed by atoms with Crippen LogP contribution in [0, 0.1) is 5.92 Å². The Bertz CT molecular complexity index is 444. The maximum atomic E-state index is 11.1. The Hall–Kier alpha value is -0.860. The summed E-state index contributed by atoms with van der Waals surface area (Å²) >= 11 is 0. The molecule has 1 aromatic carbocycles. The topological polar surface area (TPSA) is 23.5 Å². The Morgan fingerprint density at radius 2 is 1.90 bits per heavy atom. The van der Waals surface area contributed by atoms with Crippen molar-refractivity contribution in [1.82, 2.24) is 4.90 Å². The first-order valence-electron chi connectivity index (χ1n) is 8.11. The molecule has 0 bridgehead atoms. The summed E-state index contributed by atoms with van der Waals surface area (Å²) in [6.45, 7) is 6.71. The van der Waals surface area contributed by atoms with E-state index in [1.165, 1.54) is 12.0 Å². The van der Waals surface area contributed by atoms with Crippen LogP contribution in [0.4, 0.5) is 0 Å². The molecule has 2 aliphatic rings. The van der Waals surface area contributed by atoms with E-state index in [0.717, 1.165) is 32.4 Å². The predicted molar refractivity (Wildman–Crippen MR) is 82.8 cm³/mol. The van der Waals surface area contributed by atoms with Crippen molar-refractivity contribution < 1.29 is 5.11 Å². The zero-order chi connectivity index (χ0) is 14.2. The van der Waals surface area contributed by atoms with Crippen molar-refractivity contribution in [1.29, 1.82) is 0 Å². The summed E-state index contributed by atoms with van der Waals surface area (Å²) in [5.41, 5.74) is 0.986. The Kier molecular flexibility index (Phi) is 3.87. The van der Waals surface area contributed by atoms with Crippen LogP contribution in [0.15, 0.2) is 30.3 Å². The van der Waals surface area contributed by atoms with E-state index in [4.69, 9.17) is 0 Å². The molecule has 3 atom stereocenters. The molecule has 2 nitrogen and oxygen atoms in total. The van der Waals surface area contributed by atoms with Gasteiger partial charge in [0, 0.05) is 12.6 Å². The minimum absolute atomic E-state index is 0.426. The Morgan fingerprint density at radius 1 is 1.15 bits per heavy atom. The fraction of sp³-hybridized carbons (Fsp3) is 0.667. The highest BCUT2D eigenvalue weighted by molar-refractivity contribution is 5.27. The maximum Gasteiger partial charge on any atom is 0.0694 e. The summed E-state index contributed by atoms with van der Waals surface area (Å²) in [5.74, 6) is 1.07. The molecule has 1 saturated heterocycles. The van der Waals surface area contributed by atoms with Gasteiger partial charge in [0.15, 0.2) is 0 Å². The van der Waals surface area contributed by atoms with Gasteiger partial charge >= 0.3 is 0 Å². The summed E-state index contributed by atoms with van der Waals surface area (Å²) < 4.78 is 0. The van der Waals surface area contributed by atoms with Crippen LogP contribution in [0.3, 0.4) is 0 Å². The zero-order valence-electron chi connectivity index (χ0n) is 12.8. The number of hydrogen-bond acceptors (Lipinski definition) is 2. The number of likely N-dealkylation sites (tertiary alicyclic amines) is 1. The lowest BCUT2D eigenvalue weighted by Crippen LogP contribution is -2.36. The standard InChI is InChI=1S/C18H27NO/c1-14(2)19-11-6-9-18(20,10-12-19)17-13-16(17)15-7-4-3-5-8-15/h3-5,7-8,14,16-17,20H,6,9-13H2,1-2H3. The monoisotopic (exact) mass is 273 g/mol. The molecule has 1 aliphatic carbocycles. The average molecular weight is 273 g/mol. The first kappa shape index (κ1) is 14.1. The fourth-order valence-electron chi connectivity index (χ4n) is 3.91. The minimum Gasteiger partial charge on any atom is -0.390 e. The van der Waals surface area contributed by atoms with Crippen LogP contribution >= 0.6 is 0 Å². The van der Waals surface area contributed by atoms with E-state index in [1.807, 2.05) is 0 Å². The lowest BCUT2D eigenvalue weighted by atomic mass is 9.87. The predicted octanol–water partition coefficient (Wildman–Crippen LogP) is 3.42. The van der Waals surface area contributed by atoms with Gasteiger partial charge in [-0.1, -0.05) is 30.3 Å². The van der Waals surface area contributed by atoms with Crippen molar-refractivity contribution in [3.05, 3.63) is 35.9 Å². The highest BCUT2D eigenvalue weighted by Crippen LogP contribution is 2.56. The summed E-state index contributed by atoms with van der Waals surface area (Å²) in [6.07, 6.45) is 4.22. The number of hydrogen-bond donors (Lipinski definition) is 1. The van der Waals surface area contributed by atoms with Gasteiger partial charge in [-0.2, -0.15) is 0 Å². The lowest BCUT2D eigenvalue weighted by molar-refractivity contribution is 0.000829. The molecule has 2 fully saturated rings. The van der Waals surface area contributed by atoms with Crippen LogP contribution in [-0.2, 0) is 0 Å². The van der Waals surface area contributed by atoms with Crippen molar-refractivity contribution in [2.45, 2.75) is 57.1 Å².